The van der Waals surface area contributed by atoms with Crippen molar-refractivity contribution in [1.82, 2.24) is 4.98 Å². The van der Waals surface area contributed by atoms with E-state index in [-0.39, 0.29) is 5.78 Å². The Morgan fingerprint density at radius 1 is 1.32 bits per heavy atom. The molecule has 3 rings (SSSR count). The molecule has 28 heavy (non-hydrogen) atoms. The van der Waals surface area contributed by atoms with Gasteiger partial charge in [0.15, 0.2) is 11.5 Å². The molecular weight excluding hydrogens is 425 g/mol. The van der Waals surface area contributed by atoms with Crippen LogP contribution in [0.4, 0.5) is 5.69 Å². The summed E-state index contributed by atoms with van der Waals surface area (Å²) in [5, 5.41) is 0. The number of dihydropyridines is 1. The molecule has 0 saturated heterocycles. The second-order valence-corrected chi connectivity index (χ2v) is 5.78. The van der Waals surface area contributed by atoms with Gasteiger partial charge in [-0.3, -0.25) is 9.78 Å². The summed E-state index contributed by atoms with van der Waals surface area (Å²) in [5.41, 5.74) is 3.19. The second-order valence-electron chi connectivity index (χ2n) is 5.78. The van der Waals surface area contributed by atoms with Crippen LogP contribution in [-0.4, -0.2) is 24.1 Å². The van der Waals surface area contributed by atoms with Crippen molar-refractivity contribution in [2.45, 2.75) is 13.5 Å². The SMILES string of the molecule is COc1cc(C(C)=O)ccc1N(/C=C1/C=C[CH+]C=N1)Cc1ccccn1.[Cl][Cu+]. The average Bonchev–Trinajstić information content (AvgIpc) is 2.75. The number of aliphatic imine (C=N–C) groups is 1. The first-order valence-electron chi connectivity index (χ1n) is 8.40. The first kappa shape index (κ1) is 21.8. The van der Waals surface area contributed by atoms with Gasteiger partial charge in [-0.05, 0) is 37.3 Å². The molecule has 0 spiro atoms. The third kappa shape index (κ3) is 5.99. The molecule has 0 N–H and O–H groups in total. The topological polar surface area (TPSA) is 54.8 Å². The van der Waals surface area contributed by atoms with Crippen LogP contribution in [0.25, 0.3) is 0 Å². The zero-order valence-electron chi connectivity index (χ0n) is 15.5. The van der Waals surface area contributed by atoms with Crippen LogP contribution in [0.2, 0.25) is 0 Å². The number of methoxy groups -OCH3 is 1. The van der Waals surface area contributed by atoms with Gasteiger partial charge in [0.2, 0.25) is 0 Å². The molecule has 1 aliphatic rings. The molecule has 0 fully saturated rings. The predicted molar refractivity (Wildman–Crippen MR) is 109 cm³/mol. The number of aromatic nitrogens is 1. The molecule has 0 bridgehead atoms. The normalized spacial score (nSPS) is 13.4. The van der Waals surface area contributed by atoms with Crippen molar-refractivity contribution in [3.63, 3.8) is 0 Å². The molecule has 2 aromatic rings. The Morgan fingerprint density at radius 3 is 2.75 bits per heavy atom. The van der Waals surface area contributed by atoms with E-state index in [1.165, 1.54) is 0 Å². The Kier molecular flexibility index (Phi) is 8.82. The van der Waals surface area contributed by atoms with E-state index < -0.39 is 0 Å². The number of halogens is 1. The zero-order valence-corrected chi connectivity index (χ0v) is 17.2. The average molecular weight is 445 g/mol. The van der Waals surface area contributed by atoms with Crippen LogP contribution in [0.1, 0.15) is 23.0 Å². The van der Waals surface area contributed by atoms with Gasteiger partial charge < -0.3 is 9.64 Å². The number of ether oxygens (including phenoxy) is 1. The monoisotopic (exact) mass is 444 g/mol. The summed E-state index contributed by atoms with van der Waals surface area (Å²) in [6.45, 7) is 2.09. The molecule has 2 heterocycles. The number of carbonyl (C=O) groups is 1. The fraction of sp³-hybridized carbons (Fsp3) is 0.143. The number of allylic oxidation sites excluding steroid dienone is 2. The Hall–Kier alpha value is -2.53. The van der Waals surface area contributed by atoms with E-state index in [0.29, 0.717) is 17.9 Å². The van der Waals surface area contributed by atoms with Gasteiger partial charge in [-0.2, -0.15) is 0 Å². The quantitative estimate of drug-likeness (QED) is 0.368. The van der Waals surface area contributed by atoms with E-state index >= 15 is 0 Å². The molecule has 1 aromatic heterocycles. The van der Waals surface area contributed by atoms with Crippen LogP contribution in [-0.2, 0) is 21.6 Å². The zero-order chi connectivity index (χ0) is 20.4. The molecule has 1 aromatic carbocycles. The van der Waals surface area contributed by atoms with Gasteiger partial charge in [-0.1, -0.05) is 6.07 Å². The summed E-state index contributed by atoms with van der Waals surface area (Å²) in [6.07, 6.45) is 11.2. The van der Waals surface area contributed by atoms with E-state index in [1.54, 1.807) is 38.6 Å². The van der Waals surface area contributed by atoms with E-state index in [2.05, 4.69) is 35.2 Å². The van der Waals surface area contributed by atoms with Gasteiger partial charge >= 0.3 is 25.2 Å². The molecule has 0 amide bonds. The molecule has 147 valence electrons. The fourth-order valence-electron chi connectivity index (χ4n) is 2.61. The molecular formula is C21H20ClCuN3O2+2. The molecule has 0 unspecified atom stereocenters. The van der Waals surface area contributed by atoms with Crippen molar-refractivity contribution in [3.8, 4) is 5.75 Å². The first-order chi connectivity index (χ1) is 13.7. The second kappa shape index (κ2) is 11.3. The summed E-state index contributed by atoms with van der Waals surface area (Å²) in [4.78, 5) is 22.5. The summed E-state index contributed by atoms with van der Waals surface area (Å²) in [7, 11) is 5.80. The number of benzene rings is 1. The van der Waals surface area contributed by atoms with Gasteiger partial charge in [0.1, 0.15) is 18.0 Å². The van der Waals surface area contributed by atoms with E-state index in [9.17, 15) is 4.79 Å². The first-order valence-corrected chi connectivity index (χ1v) is 9.70. The number of anilines is 1. The van der Waals surface area contributed by atoms with Gasteiger partial charge in [0, 0.05) is 11.8 Å². The Bertz CT molecular complexity index is 868. The standard InChI is InChI=1S/C21H20N3O2.ClH.Cu/c1-16(25)17-9-10-20(21(13-17)26-2)24(14-18-7-3-5-11-22-18)15-19-8-4-6-12-23-19;;/h3-14H,15H2,1-2H3;1H;/q+1;;+2/p-1/b18-14-;;. The van der Waals surface area contributed by atoms with Crippen LogP contribution >= 0.6 is 10.1 Å². The van der Waals surface area contributed by atoms with Crippen molar-refractivity contribution in [2.75, 3.05) is 12.0 Å². The maximum atomic E-state index is 11.7. The Labute approximate surface area is 177 Å². The van der Waals surface area contributed by atoms with Crippen LogP contribution in [0.5, 0.6) is 5.75 Å². The fourth-order valence-corrected chi connectivity index (χ4v) is 2.61. The van der Waals surface area contributed by atoms with Crippen molar-refractivity contribution < 1.29 is 24.6 Å². The molecule has 0 radical (unpaired) electrons. The molecule has 5 nitrogen and oxygen atoms in total. The Morgan fingerprint density at radius 2 is 2.14 bits per heavy atom. The number of Topliss-reactive ketones (excluding diaryl/α,β-unsaturated/α-hetero) is 1. The summed E-state index contributed by atoms with van der Waals surface area (Å²) < 4.78 is 5.54. The van der Waals surface area contributed by atoms with Crippen molar-refractivity contribution >= 4 is 27.8 Å². The Balaban J connectivity index is 0.00000136. The number of pyridine rings is 1. The number of hydrogen-bond donors (Lipinski definition) is 0. The van der Waals surface area contributed by atoms with Crippen molar-refractivity contribution in [3.05, 3.63) is 84.3 Å². The summed E-state index contributed by atoms with van der Waals surface area (Å²) in [6, 6.07) is 11.3. The molecule has 0 saturated carbocycles. The predicted octanol–water partition coefficient (Wildman–Crippen LogP) is 4.67. The molecule has 0 aliphatic carbocycles. The van der Waals surface area contributed by atoms with Gasteiger partial charge in [-0.25, -0.2) is 4.99 Å². The maximum absolute atomic E-state index is 11.7. The van der Waals surface area contributed by atoms with E-state index in [1.807, 2.05) is 53.9 Å². The van der Waals surface area contributed by atoms with Crippen LogP contribution in [0.3, 0.4) is 0 Å². The number of nitrogens with zero attached hydrogens (tertiary/aromatic N) is 3. The number of hydrogen-bond acceptors (Lipinski definition) is 5. The summed E-state index contributed by atoms with van der Waals surface area (Å²) in [5.74, 6) is 0.626. The van der Waals surface area contributed by atoms with E-state index in [0.717, 1.165) is 17.1 Å². The summed E-state index contributed by atoms with van der Waals surface area (Å²) >= 11 is 3.66. The van der Waals surface area contributed by atoms with Crippen LogP contribution in [0.15, 0.2) is 71.6 Å². The number of rotatable bonds is 6. The minimum absolute atomic E-state index is 0.000156. The molecule has 0 atom stereocenters. The van der Waals surface area contributed by atoms with Crippen molar-refractivity contribution in [1.29, 1.82) is 0 Å². The minimum atomic E-state index is -0.000156. The number of ketones is 1. The third-order valence-electron chi connectivity index (χ3n) is 3.93. The number of carbonyl (C=O) groups excluding carboxylic acids is 1. The third-order valence-corrected chi connectivity index (χ3v) is 3.93. The van der Waals surface area contributed by atoms with Gasteiger partial charge in [0.25, 0.3) is 0 Å². The van der Waals surface area contributed by atoms with Gasteiger partial charge in [-0.15, -0.1) is 0 Å². The van der Waals surface area contributed by atoms with Crippen LogP contribution in [0, 0.1) is 6.42 Å². The molecule has 7 heteroatoms. The van der Waals surface area contributed by atoms with E-state index in [4.69, 9.17) is 4.74 Å². The van der Waals surface area contributed by atoms with Gasteiger partial charge in [0.05, 0.1) is 43.7 Å². The van der Waals surface area contributed by atoms with Crippen molar-refractivity contribution in [2.24, 2.45) is 4.99 Å². The molecule has 1 aliphatic heterocycles. The van der Waals surface area contributed by atoms with Crippen LogP contribution < -0.4 is 9.64 Å².